The lowest BCUT2D eigenvalue weighted by molar-refractivity contribution is 0.0667. The van der Waals surface area contributed by atoms with Crippen molar-refractivity contribution >= 4 is 23.4 Å². The molecule has 0 radical (unpaired) electrons. The third-order valence-electron chi connectivity index (χ3n) is 3.99. The number of nitrogens with one attached hydrogen (secondary N) is 1. The van der Waals surface area contributed by atoms with Crippen LogP contribution in [0.5, 0.6) is 0 Å². The van der Waals surface area contributed by atoms with Crippen LogP contribution in [-0.2, 0) is 6.42 Å². The van der Waals surface area contributed by atoms with Gasteiger partial charge in [-0.15, -0.1) is 0 Å². The third kappa shape index (κ3) is 2.83. The van der Waals surface area contributed by atoms with Crippen LogP contribution in [0.3, 0.4) is 0 Å². The highest BCUT2D eigenvalue weighted by molar-refractivity contribution is 6.31. The zero-order valence-electron chi connectivity index (χ0n) is 11.7. The van der Waals surface area contributed by atoms with E-state index in [4.69, 9.17) is 17.3 Å². The fraction of sp³-hybridized carbons (Fsp3) is 0.500. The molecule has 1 aliphatic rings. The summed E-state index contributed by atoms with van der Waals surface area (Å²) in [6.07, 6.45) is -0.301. The molecule has 0 spiro atoms. The molecule has 2 rings (SSSR count). The van der Waals surface area contributed by atoms with Crippen LogP contribution >= 0.6 is 11.6 Å². The fourth-order valence-corrected chi connectivity index (χ4v) is 3.00. The Morgan fingerprint density at radius 1 is 1.60 bits per heavy atom. The Balaban J connectivity index is 2.33. The molecule has 1 amide bonds. The van der Waals surface area contributed by atoms with Crippen LogP contribution in [0.2, 0.25) is 5.02 Å². The number of rotatable bonds is 2. The minimum Gasteiger partial charge on any atom is -0.465 e. The first-order chi connectivity index (χ1) is 9.33. The van der Waals surface area contributed by atoms with Crippen LogP contribution in [0, 0.1) is 6.92 Å². The number of hydrogen-bond donors (Lipinski definition) is 3. The average Bonchev–Trinajstić information content (AvgIpc) is 2.35. The van der Waals surface area contributed by atoms with Gasteiger partial charge in [0.2, 0.25) is 0 Å². The number of nitrogen functional groups attached to an aromatic ring is 1. The second-order valence-corrected chi connectivity index (χ2v) is 6.00. The molecule has 1 fully saturated rings. The van der Waals surface area contributed by atoms with Crippen LogP contribution in [0.25, 0.3) is 0 Å². The molecule has 0 bridgehead atoms. The van der Waals surface area contributed by atoms with E-state index in [9.17, 15) is 9.90 Å². The van der Waals surface area contributed by atoms with Crippen LogP contribution in [-0.4, -0.2) is 41.3 Å². The maximum atomic E-state index is 11.4. The van der Waals surface area contributed by atoms with Gasteiger partial charge in [-0.3, -0.25) is 0 Å². The van der Waals surface area contributed by atoms with Gasteiger partial charge in [-0.05, 0) is 43.5 Å². The molecule has 1 aromatic rings. The number of nitrogens with zero attached hydrogens (tertiary/aromatic N) is 1. The molecule has 0 saturated carbocycles. The van der Waals surface area contributed by atoms with E-state index in [-0.39, 0.29) is 0 Å². The number of hydrogen-bond acceptors (Lipinski definition) is 3. The highest BCUT2D eigenvalue weighted by Crippen LogP contribution is 2.29. The van der Waals surface area contributed by atoms with Crippen molar-refractivity contribution in [2.24, 2.45) is 0 Å². The summed E-state index contributed by atoms with van der Waals surface area (Å²) < 4.78 is 0. The summed E-state index contributed by atoms with van der Waals surface area (Å²) in [6, 6.07) is 3.59. The molecule has 1 heterocycles. The molecular formula is C14H20ClN3O2. The molecule has 1 aromatic carbocycles. The number of piperazine rings is 1. The Labute approximate surface area is 123 Å². The number of nitrogens with two attached hydrogens (primary N) is 1. The SMILES string of the molecule is Cc1c(N)cc(Cl)cc1CC1(C)CNCCN1C(=O)O. The Morgan fingerprint density at radius 2 is 2.30 bits per heavy atom. The number of halogens is 1. The van der Waals surface area contributed by atoms with Gasteiger partial charge in [0.05, 0.1) is 5.54 Å². The van der Waals surface area contributed by atoms with Crippen LogP contribution in [0.1, 0.15) is 18.1 Å². The van der Waals surface area contributed by atoms with Crippen LogP contribution < -0.4 is 11.1 Å². The summed E-state index contributed by atoms with van der Waals surface area (Å²) >= 11 is 6.06. The molecule has 110 valence electrons. The topological polar surface area (TPSA) is 78.6 Å². The normalized spacial score (nSPS) is 22.9. The van der Waals surface area contributed by atoms with Crippen LogP contribution in [0.4, 0.5) is 10.5 Å². The quantitative estimate of drug-likeness (QED) is 0.731. The van der Waals surface area contributed by atoms with E-state index in [0.29, 0.717) is 36.8 Å². The molecule has 5 nitrogen and oxygen atoms in total. The molecule has 6 heteroatoms. The van der Waals surface area contributed by atoms with Gasteiger partial charge < -0.3 is 21.1 Å². The molecule has 1 atom stereocenters. The van der Waals surface area contributed by atoms with E-state index in [0.717, 1.165) is 11.1 Å². The summed E-state index contributed by atoms with van der Waals surface area (Å²) in [7, 11) is 0. The van der Waals surface area contributed by atoms with Crippen LogP contribution in [0.15, 0.2) is 12.1 Å². The van der Waals surface area contributed by atoms with Crippen molar-refractivity contribution < 1.29 is 9.90 Å². The first-order valence-electron chi connectivity index (χ1n) is 6.59. The van der Waals surface area contributed by atoms with Crippen molar-refractivity contribution in [3.05, 3.63) is 28.3 Å². The fourth-order valence-electron chi connectivity index (χ4n) is 2.75. The highest BCUT2D eigenvalue weighted by Gasteiger charge is 2.38. The molecule has 1 saturated heterocycles. The maximum absolute atomic E-state index is 11.4. The summed E-state index contributed by atoms with van der Waals surface area (Å²) in [4.78, 5) is 12.9. The van der Waals surface area contributed by atoms with E-state index >= 15 is 0 Å². The van der Waals surface area contributed by atoms with Crippen molar-refractivity contribution in [3.63, 3.8) is 0 Å². The molecule has 20 heavy (non-hydrogen) atoms. The first-order valence-corrected chi connectivity index (χ1v) is 6.97. The summed E-state index contributed by atoms with van der Waals surface area (Å²) in [5.41, 5.74) is 8.04. The number of anilines is 1. The number of benzene rings is 1. The van der Waals surface area contributed by atoms with E-state index < -0.39 is 11.6 Å². The molecule has 1 unspecified atom stereocenters. The molecule has 0 aromatic heterocycles. The van der Waals surface area contributed by atoms with E-state index in [2.05, 4.69) is 5.32 Å². The van der Waals surface area contributed by atoms with E-state index in [1.165, 1.54) is 4.90 Å². The largest absolute Gasteiger partial charge is 0.465 e. The van der Waals surface area contributed by atoms with Gasteiger partial charge in [0.15, 0.2) is 0 Å². The van der Waals surface area contributed by atoms with Gasteiger partial charge in [-0.1, -0.05) is 11.6 Å². The van der Waals surface area contributed by atoms with Crippen molar-refractivity contribution in [2.45, 2.75) is 25.8 Å². The Bertz CT molecular complexity index is 535. The lowest BCUT2D eigenvalue weighted by Gasteiger charge is -2.44. The maximum Gasteiger partial charge on any atom is 0.407 e. The smallest absolute Gasteiger partial charge is 0.407 e. The zero-order valence-corrected chi connectivity index (χ0v) is 12.5. The molecule has 1 aliphatic heterocycles. The lowest BCUT2D eigenvalue weighted by Crippen LogP contribution is -2.62. The minimum absolute atomic E-state index is 0.487. The molecule has 0 aliphatic carbocycles. The monoisotopic (exact) mass is 297 g/mol. The lowest BCUT2D eigenvalue weighted by atomic mass is 9.87. The number of carboxylic acid groups (broad SMARTS) is 1. The summed E-state index contributed by atoms with van der Waals surface area (Å²) in [6.45, 7) is 5.67. The van der Waals surface area contributed by atoms with Crippen molar-refractivity contribution in [2.75, 3.05) is 25.4 Å². The van der Waals surface area contributed by atoms with Crippen molar-refractivity contribution in [1.29, 1.82) is 0 Å². The number of amides is 1. The zero-order chi connectivity index (χ0) is 14.9. The third-order valence-corrected chi connectivity index (χ3v) is 4.21. The van der Waals surface area contributed by atoms with Crippen molar-refractivity contribution in [3.8, 4) is 0 Å². The Kier molecular flexibility index (Phi) is 4.11. The summed E-state index contributed by atoms with van der Waals surface area (Å²) in [5.74, 6) is 0. The van der Waals surface area contributed by atoms with Gasteiger partial charge in [-0.25, -0.2) is 4.79 Å². The average molecular weight is 298 g/mol. The van der Waals surface area contributed by atoms with E-state index in [1.54, 1.807) is 6.07 Å². The second kappa shape index (κ2) is 5.50. The summed E-state index contributed by atoms with van der Waals surface area (Å²) in [5, 5.41) is 13.2. The van der Waals surface area contributed by atoms with Gasteiger partial charge in [0, 0.05) is 30.3 Å². The van der Waals surface area contributed by atoms with Gasteiger partial charge in [0.1, 0.15) is 0 Å². The Hall–Kier alpha value is -1.46. The van der Waals surface area contributed by atoms with Gasteiger partial charge >= 0.3 is 6.09 Å². The molecule has 4 N–H and O–H groups in total. The second-order valence-electron chi connectivity index (χ2n) is 5.56. The van der Waals surface area contributed by atoms with Crippen molar-refractivity contribution in [1.82, 2.24) is 10.2 Å². The van der Waals surface area contributed by atoms with Gasteiger partial charge in [0.25, 0.3) is 0 Å². The Morgan fingerprint density at radius 3 is 2.95 bits per heavy atom. The van der Waals surface area contributed by atoms with E-state index in [1.807, 2.05) is 19.9 Å². The predicted octanol–water partition coefficient (Wildman–Crippen LogP) is 2.12. The first kappa shape index (κ1) is 14.9. The number of carbonyl (C=O) groups is 1. The standard InChI is InChI=1S/C14H20ClN3O2/c1-9-10(5-11(15)6-12(9)16)7-14(2)8-17-3-4-18(14)13(19)20/h5-6,17H,3-4,7-8,16H2,1-2H3,(H,19,20). The minimum atomic E-state index is -0.887. The highest BCUT2D eigenvalue weighted by atomic mass is 35.5. The molecular weight excluding hydrogens is 278 g/mol. The van der Waals surface area contributed by atoms with Gasteiger partial charge in [-0.2, -0.15) is 0 Å². The predicted molar refractivity (Wildman–Crippen MR) is 80.3 cm³/mol.